The van der Waals surface area contributed by atoms with Gasteiger partial charge in [-0.15, -0.1) is 0 Å². The highest BCUT2D eigenvalue weighted by Gasteiger charge is 2.04. The summed E-state index contributed by atoms with van der Waals surface area (Å²) in [6.45, 7) is 3.59. The molecule has 0 aliphatic heterocycles. The number of hydrogen-bond acceptors (Lipinski definition) is 3. The first-order valence-corrected chi connectivity index (χ1v) is 9.49. The Balaban J connectivity index is 1.55. The third-order valence-electron chi connectivity index (χ3n) is 4.35. The second-order valence-electron chi connectivity index (χ2n) is 6.41. The Labute approximate surface area is 169 Å². The highest BCUT2D eigenvalue weighted by atomic mass is 19.1. The van der Waals surface area contributed by atoms with Gasteiger partial charge in [0.05, 0.1) is 23.9 Å². The van der Waals surface area contributed by atoms with Crippen molar-refractivity contribution in [2.75, 3.05) is 13.1 Å². The summed E-state index contributed by atoms with van der Waals surface area (Å²) >= 11 is 0. The van der Waals surface area contributed by atoms with Crippen molar-refractivity contribution in [3.63, 3.8) is 0 Å². The second kappa shape index (κ2) is 10.0. The molecule has 29 heavy (non-hydrogen) atoms. The third kappa shape index (κ3) is 5.66. The van der Waals surface area contributed by atoms with Gasteiger partial charge in [0, 0.05) is 31.0 Å². The minimum Gasteiger partial charge on any atom is -0.357 e. The maximum Gasteiger partial charge on any atom is 0.191 e. The second-order valence-corrected chi connectivity index (χ2v) is 6.41. The topological polar surface area (TPSA) is 78.0 Å². The first-order valence-electron chi connectivity index (χ1n) is 9.49. The zero-order valence-electron chi connectivity index (χ0n) is 16.3. The molecule has 0 radical (unpaired) electrons. The maximum absolute atomic E-state index is 14.0. The van der Waals surface area contributed by atoms with Gasteiger partial charge in [-0.1, -0.05) is 18.2 Å². The molecule has 3 aromatic rings. The van der Waals surface area contributed by atoms with E-state index in [4.69, 9.17) is 5.26 Å². The van der Waals surface area contributed by atoms with E-state index in [-0.39, 0.29) is 6.54 Å². The van der Waals surface area contributed by atoms with Crippen LogP contribution in [-0.2, 0) is 13.0 Å². The van der Waals surface area contributed by atoms with Crippen molar-refractivity contribution >= 4 is 5.96 Å². The van der Waals surface area contributed by atoms with Crippen LogP contribution in [0, 0.1) is 17.1 Å². The highest BCUT2D eigenvalue weighted by Crippen LogP contribution is 2.11. The number of halogens is 1. The Morgan fingerprint density at radius 1 is 1.21 bits per heavy atom. The zero-order chi connectivity index (χ0) is 20.5. The van der Waals surface area contributed by atoms with Crippen molar-refractivity contribution in [2.24, 2.45) is 4.99 Å². The summed E-state index contributed by atoms with van der Waals surface area (Å²) in [6, 6.07) is 16.5. The summed E-state index contributed by atoms with van der Waals surface area (Å²) in [5.74, 6) is 0.213. The van der Waals surface area contributed by atoms with E-state index in [2.05, 4.69) is 32.9 Å². The number of guanidine groups is 1. The predicted octanol–water partition coefficient (Wildman–Crippen LogP) is 3.18. The largest absolute Gasteiger partial charge is 0.357 e. The van der Waals surface area contributed by atoms with Gasteiger partial charge in [-0.05, 0) is 49.2 Å². The quantitative estimate of drug-likeness (QED) is 0.480. The Morgan fingerprint density at radius 2 is 2.03 bits per heavy atom. The van der Waals surface area contributed by atoms with Gasteiger partial charge in [0.2, 0.25) is 0 Å². The number of nitrogens with zero attached hydrogens (tertiary/aromatic N) is 4. The fraction of sp³-hybridized carbons (Fsp3) is 0.227. The van der Waals surface area contributed by atoms with Gasteiger partial charge < -0.3 is 10.6 Å². The van der Waals surface area contributed by atoms with Crippen LogP contribution in [0.3, 0.4) is 0 Å². The lowest BCUT2D eigenvalue weighted by molar-refractivity contribution is 0.609. The highest BCUT2D eigenvalue weighted by molar-refractivity contribution is 5.79. The standard InChI is InChI=1S/C22H23FN6/c1-2-25-22(27-16-19-7-4-18(15-24)14-21(19)23)26-12-10-17-5-8-20(9-6-17)29-13-3-11-28-29/h3-9,11,13-14H,2,10,12,16H2,1H3,(H2,25,26,27). The van der Waals surface area contributed by atoms with Crippen LogP contribution in [0.25, 0.3) is 5.69 Å². The van der Waals surface area contributed by atoms with Gasteiger partial charge in [0.25, 0.3) is 0 Å². The molecule has 2 N–H and O–H groups in total. The van der Waals surface area contributed by atoms with E-state index < -0.39 is 5.82 Å². The van der Waals surface area contributed by atoms with Crippen LogP contribution < -0.4 is 10.6 Å². The number of nitriles is 1. The molecule has 0 amide bonds. The fourth-order valence-corrected chi connectivity index (χ4v) is 2.81. The Kier molecular flexibility index (Phi) is 6.95. The molecule has 0 aliphatic rings. The average molecular weight is 390 g/mol. The molecule has 3 rings (SSSR count). The lowest BCUT2D eigenvalue weighted by Gasteiger charge is -2.12. The Hall–Kier alpha value is -3.66. The summed E-state index contributed by atoms with van der Waals surface area (Å²) < 4.78 is 15.8. The fourth-order valence-electron chi connectivity index (χ4n) is 2.81. The number of benzene rings is 2. The zero-order valence-corrected chi connectivity index (χ0v) is 16.3. The summed E-state index contributed by atoms with van der Waals surface area (Å²) in [5.41, 5.74) is 2.97. The molecular formula is C22H23FN6. The molecule has 0 atom stereocenters. The normalized spacial score (nSPS) is 11.1. The summed E-state index contributed by atoms with van der Waals surface area (Å²) in [4.78, 5) is 4.44. The number of aromatic nitrogens is 2. The lowest BCUT2D eigenvalue weighted by Crippen LogP contribution is -2.38. The van der Waals surface area contributed by atoms with Gasteiger partial charge in [-0.25, -0.2) is 14.1 Å². The van der Waals surface area contributed by atoms with Crippen molar-refractivity contribution < 1.29 is 4.39 Å². The van der Waals surface area contributed by atoms with Crippen molar-refractivity contribution in [1.82, 2.24) is 20.4 Å². The molecule has 2 aromatic carbocycles. The number of hydrogen-bond donors (Lipinski definition) is 2. The number of nitrogens with one attached hydrogen (secondary N) is 2. The molecule has 0 unspecified atom stereocenters. The molecule has 7 heteroatoms. The molecule has 0 bridgehead atoms. The van der Waals surface area contributed by atoms with Crippen molar-refractivity contribution in [3.05, 3.63) is 83.4 Å². The van der Waals surface area contributed by atoms with Crippen LogP contribution >= 0.6 is 0 Å². The maximum atomic E-state index is 14.0. The average Bonchev–Trinajstić information content (AvgIpc) is 3.28. The van der Waals surface area contributed by atoms with Crippen LogP contribution in [0.1, 0.15) is 23.6 Å². The van der Waals surface area contributed by atoms with Gasteiger partial charge in [0.1, 0.15) is 5.82 Å². The van der Waals surface area contributed by atoms with Crippen LogP contribution in [0.5, 0.6) is 0 Å². The van der Waals surface area contributed by atoms with Gasteiger partial charge in [0.15, 0.2) is 5.96 Å². The number of aliphatic imine (C=N–C) groups is 1. The Morgan fingerprint density at radius 3 is 2.69 bits per heavy atom. The molecule has 1 aromatic heterocycles. The molecule has 148 valence electrons. The van der Waals surface area contributed by atoms with E-state index in [0.29, 0.717) is 30.2 Å². The van der Waals surface area contributed by atoms with Crippen molar-refractivity contribution in [3.8, 4) is 11.8 Å². The molecule has 1 heterocycles. The molecular weight excluding hydrogens is 367 g/mol. The molecule has 0 fully saturated rings. The third-order valence-corrected chi connectivity index (χ3v) is 4.35. The smallest absolute Gasteiger partial charge is 0.191 e. The van der Waals surface area contributed by atoms with E-state index in [1.807, 2.05) is 42.1 Å². The molecule has 0 spiro atoms. The van der Waals surface area contributed by atoms with Gasteiger partial charge in [-0.3, -0.25) is 0 Å². The van der Waals surface area contributed by atoms with Crippen LogP contribution in [0.15, 0.2) is 65.9 Å². The SMILES string of the molecule is CCNC(=NCc1ccc(C#N)cc1F)NCCc1ccc(-n2cccn2)cc1. The van der Waals surface area contributed by atoms with Gasteiger partial charge in [-0.2, -0.15) is 10.4 Å². The molecule has 6 nitrogen and oxygen atoms in total. The monoisotopic (exact) mass is 390 g/mol. The lowest BCUT2D eigenvalue weighted by atomic mass is 10.1. The van der Waals surface area contributed by atoms with E-state index in [1.165, 1.54) is 11.6 Å². The summed E-state index contributed by atoms with van der Waals surface area (Å²) in [5, 5.41) is 19.5. The first-order chi connectivity index (χ1) is 14.2. The molecule has 0 aliphatic carbocycles. The van der Waals surface area contributed by atoms with Crippen LogP contribution in [0.4, 0.5) is 4.39 Å². The summed E-state index contributed by atoms with van der Waals surface area (Å²) in [6.07, 6.45) is 4.49. The van der Waals surface area contributed by atoms with Crippen molar-refractivity contribution in [2.45, 2.75) is 19.9 Å². The van der Waals surface area contributed by atoms with E-state index in [9.17, 15) is 4.39 Å². The first kappa shape index (κ1) is 20.1. The van der Waals surface area contributed by atoms with Gasteiger partial charge >= 0.3 is 0 Å². The van der Waals surface area contributed by atoms with Crippen molar-refractivity contribution in [1.29, 1.82) is 5.26 Å². The number of rotatable bonds is 7. The van der Waals surface area contributed by atoms with E-state index in [0.717, 1.165) is 12.1 Å². The van der Waals surface area contributed by atoms with Crippen LogP contribution in [0.2, 0.25) is 0 Å². The minimum absolute atomic E-state index is 0.200. The molecule has 0 saturated heterocycles. The Bertz CT molecular complexity index is 987. The van der Waals surface area contributed by atoms with Crippen LogP contribution in [-0.4, -0.2) is 28.8 Å². The molecule has 0 saturated carbocycles. The van der Waals surface area contributed by atoms with E-state index >= 15 is 0 Å². The van der Waals surface area contributed by atoms with E-state index in [1.54, 1.807) is 18.3 Å². The minimum atomic E-state index is -0.416. The predicted molar refractivity (Wildman–Crippen MR) is 111 cm³/mol. The summed E-state index contributed by atoms with van der Waals surface area (Å²) in [7, 11) is 0.